The number of hydrogen-bond donors (Lipinski definition) is 2. The van der Waals surface area contributed by atoms with Crippen molar-refractivity contribution in [2.75, 3.05) is 12.4 Å². The molecule has 2 N–H and O–H groups in total. The van der Waals surface area contributed by atoms with Gasteiger partial charge in [0.1, 0.15) is 5.82 Å². The van der Waals surface area contributed by atoms with Gasteiger partial charge < -0.3 is 15.2 Å². The van der Waals surface area contributed by atoms with Crippen LogP contribution in [0.25, 0.3) is 0 Å². The number of amides is 1. The van der Waals surface area contributed by atoms with Crippen LogP contribution in [0.1, 0.15) is 28.7 Å². The maximum Gasteiger partial charge on any atom is 0.251 e. The number of nitrogens with zero attached hydrogens (tertiary/aromatic N) is 2. The van der Waals surface area contributed by atoms with Crippen molar-refractivity contribution in [3.05, 3.63) is 47.5 Å². The number of rotatable bonds is 5. The van der Waals surface area contributed by atoms with Crippen molar-refractivity contribution in [2.24, 2.45) is 0 Å². The van der Waals surface area contributed by atoms with Crippen LogP contribution in [0, 0.1) is 6.92 Å². The second kappa shape index (κ2) is 6.23. The number of imidazole rings is 1. The number of aryl methyl sites for hydroxylation is 1. The van der Waals surface area contributed by atoms with Crippen LogP contribution in [0.3, 0.4) is 0 Å². The van der Waals surface area contributed by atoms with Crippen LogP contribution >= 0.6 is 0 Å². The molecule has 0 fully saturated rings. The van der Waals surface area contributed by atoms with Crippen molar-refractivity contribution in [1.82, 2.24) is 14.9 Å². The number of nitrogens with one attached hydrogen (secondary N) is 2. The zero-order valence-corrected chi connectivity index (χ0v) is 12.1. The molecule has 106 valence electrons. The molecule has 20 heavy (non-hydrogen) atoms. The van der Waals surface area contributed by atoms with E-state index in [1.165, 1.54) is 0 Å². The second-order valence-electron chi connectivity index (χ2n) is 4.54. The van der Waals surface area contributed by atoms with Gasteiger partial charge in [0.2, 0.25) is 0 Å². The van der Waals surface area contributed by atoms with E-state index in [1.807, 2.05) is 31.3 Å². The second-order valence-corrected chi connectivity index (χ2v) is 4.54. The van der Waals surface area contributed by atoms with Crippen molar-refractivity contribution in [2.45, 2.75) is 26.9 Å². The minimum Gasteiger partial charge on any atom is -0.378 e. The number of carbonyl (C=O) groups excluding carboxylic acids is 1. The van der Waals surface area contributed by atoms with E-state index in [1.54, 1.807) is 13.2 Å². The molecule has 1 amide bonds. The molecule has 1 aromatic carbocycles. The first-order chi connectivity index (χ1) is 9.67. The summed E-state index contributed by atoms with van der Waals surface area (Å²) in [4.78, 5) is 16.1. The predicted octanol–water partition coefficient (Wildman–Crippen LogP) is 2.18. The molecule has 2 aromatic rings. The third kappa shape index (κ3) is 2.82. The minimum absolute atomic E-state index is 0.0683. The van der Waals surface area contributed by atoms with E-state index in [0.29, 0.717) is 12.1 Å². The molecule has 1 aromatic heterocycles. The summed E-state index contributed by atoms with van der Waals surface area (Å²) in [7, 11) is 1.64. The van der Waals surface area contributed by atoms with Crippen LogP contribution in [-0.2, 0) is 13.1 Å². The number of carbonyl (C=O) groups is 1. The number of anilines is 1. The summed E-state index contributed by atoms with van der Waals surface area (Å²) in [5.74, 6) is 0.915. The Hall–Kier alpha value is -2.30. The Bertz CT molecular complexity index is 604. The van der Waals surface area contributed by atoms with Crippen LogP contribution in [0.15, 0.2) is 30.6 Å². The van der Waals surface area contributed by atoms with Gasteiger partial charge in [0, 0.05) is 37.2 Å². The average molecular weight is 272 g/mol. The third-order valence-corrected chi connectivity index (χ3v) is 3.38. The van der Waals surface area contributed by atoms with Crippen molar-refractivity contribution in [1.29, 1.82) is 0 Å². The average Bonchev–Trinajstić information content (AvgIpc) is 2.93. The Kier molecular flexibility index (Phi) is 4.40. The van der Waals surface area contributed by atoms with Crippen molar-refractivity contribution in [3.8, 4) is 0 Å². The lowest BCUT2D eigenvalue weighted by Gasteiger charge is -2.13. The molecule has 0 radical (unpaired) electrons. The molecule has 2 rings (SSSR count). The van der Waals surface area contributed by atoms with Gasteiger partial charge in [-0.2, -0.15) is 0 Å². The summed E-state index contributed by atoms with van der Waals surface area (Å²) in [6.45, 7) is 5.56. The smallest absolute Gasteiger partial charge is 0.251 e. The molecule has 0 spiro atoms. The maximum absolute atomic E-state index is 11.8. The molecular weight excluding hydrogens is 252 g/mol. The van der Waals surface area contributed by atoms with Gasteiger partial charge >= 0.3 is 0 Å². The van der Waals surface area contributed by atoms with Gasteiger partial charge in [-0.05, 0) is 31.5 Å². The monoisotopic (exact) mass is 272 g/mol. The maximum atomic E-state index is 11.8. The minimum atomic E-state index is -0.0683. The highest BCUT2D eigenvalue weighted by atomic mass is 16.1. The number of aromatic nitrogens is 2. The third-order valence-electron chi connectivity index (χ3n) is 3.38. The Labute approximate surface area is 119 Å². The first-order valence-corrected chi connectivity index (χ1v) is 6.73. The van der Waals surface area contributed by atoms with E-state index in [4.69, 9.17) is 0 Å². The molecule has 0 unspecified atom stereocenters. The summed E-state index contributed by atoms with van der Waals surface area (Å²) in [6, 6.07) is 5.68. The molecule has 5 heteroatoms. The quantitative estimate of drug-likeness (QED) is 0.877. The Morgan fingerprint density at radius 3 is 2.90 bits per heavy atom. The molecule has 1 heterocycles. The number of benzene rings is 1. The van der Waals surface area contributed by atoms with E-state index < -0.39 is 0 Å². The lowest BCUT2D eigenvalue weighted by Crippen LogP contribution is -2.19. The molecule has 0 aliphatic carbocycles. The Morgan fingerprint density at radius 1 is 1.40 bits per heavy atom. The van der Waals surface area contributed by atoms with E-state index >= 15 is 0 Å². The molecule has 0 bridgehead atoms. The van der Waals surface area contributed by atoms with Gasteiger partial charge in [0.25, 0.3) is 5.91 Å². The lowest BCUT2D eigenvalue weighted by atomic mass is 10.1. The van der Waals surface area contributed by atoms with Crippen LogP contribution in [0.2, 0.25) is 0 Å². The van der Waals surface area contributed by atoms with Gasteiger partial charge in [-0.1, -0.05) is 6.07 Å². The van der Waals surface area contributed by atoms with E-state index in [0.717, 1.165) is 23.6 Å². The van der Waals surface area contributed by atoms with Crippen molar-refractivity contribution >= 4 is 11.6 Å². The SMILES string of the molecule is CCn1ccnc1CNc1cccc(C(=O)NC)c1C. The zero-order chi connectivity index (χ0) is 14.5. The first-order valence-electron chi connectivity index (χ1n) is 6.73. The molecule has 0 saturated carbocycles. The summed E-state index contributed by atoms with van der Waals surface area (Å²) in [6.07, 6.45) is 3.76. The molecule has 0 aliphatic rings. The Balaban J connectivity index is 2.16. The molecular formula is C15H20N4O. The van der Waals surface area contributed by atoms with Crippen LogP contribution in [-0.4, -0.2) is 22.5 Å². The Morgan fingerprint density at radius 2 is 2.20 bits per heavy atom. The van der Waals surface area contributed by atoms with Gasteiger partial charge in [-0.15, -0.1) is 0 Å². The molecule has 0 atom stereocenters. The number of hydrogen-bond acceptors (Lipinski definition) is 3. The van der Waals surface area contributed by atoms with Crippen molar-refractivity contribution in [3.63, 3.8) is 0 Å². The van der Waals surface area contributed by atoms with Crippen LogP contribution < -0.4 is 10.6 Å². The van der Waals surface area contributed by atoms with E-state index in [2.05, 4.69) is 27.1 Å². The van der Waals surface area contributed by atoms with E-state index in [9.17, 15) is 4.79 Å². The molecule has 0 aliphatic heterocycles. The van der Waals surface area contributed by atoms with Crippen molar-refractivity contribution < 1.29 is 4.79 Å². The van der Waals surface area contributed by atoms with Gasteiger partial charge in [0.05, 0.1) is 6.54 Å². The predicted molar refractivity (Wildman–Crippen MR) is 79.8 cm³/mol. The highest BCUT2D eigenvalue weighted by molar-refractivity contribution is 5.96. The fourth-order valence-electron chi connectivity index (χ4n) is 2.18. The summed E-state index contributed by atoms with van der Waals surface area (Å²) in [5, 5.41) is 6.00. The van der Waals surface area contributed by atoms with Crippen LogP contribution in [0.4, 0.5) is 5.69 Å². The standard InChI is InChI=1S/C15H20N4O/c1-4-19-9-8-17-14(19)10-18-13-7-5-6-12(11(13)2)15(20)16-3/h5-9,18H,4,10H2,1-3H3,(H,16,20). The fraction of sp³-hybridized carbons (Fsp3) is 0.333. The topological polar surface area (TPSA) is 59.0 Å². The fourth-order valence-corrected chi connectivity index (χ4v) is 2.18. The van der Waals surface area contributed by atoms with E-state index in [-0.39, 0.29) is 5.91 Å². The molecule has 0 saturated heterocycles. The summed E-state index contributed by atoms with van der Waals surface area (Å²) < 4.78 is 2.09. The molecule has 5 nitrogen and oxygen atoms in total. The van der Waals surface area contributed by atoms with Gasteiger partial charge in [0.15, 0.2) is 0 Å². The first kappa shape index (κ1) is 14.1. The van der Waals surface area contributed by atoms with Gasteiger partial charge in [-0.25, -0.2) is 4.98 Å². The summed E-state index contributed by atoms with van der Waals surface area (Å²) >= 11 is 0. The largest absolute Gasteiger partial charge is 0.378 e. The highest BCUT2D eigenvalue weighted by Crippen LogP contribution is 2.19. The summed E-state index contributed by atoms with van der Waals surface area (Å²) in [5.41, 5.74) is 2.59. The zero-order valence-electron chi connectivity index (χ0n) is 12.1. The normalized spacial score (nSPS) is 10.3. The lowest BCUT2D eigenvalue weighted by molar-refractivity contribution is 0.0962. The highest BCUT2D eigenvalue weighted by Gasteiger charge is 2.10. The van der Waals surface area contributed by atoms with Gasteiger partial charge in [-0.3, -0.25) is 4.79 Å². The van der Waals surface area contributed by atoms with Crippen LogP contribution in [0.5, 0.6) is 0 Å².